The molecule has 0 spiro atoms. The molecular formula is C20H24N2O4. The Morgan fingerprint density at radius 2 is 2.08 bits per heavy atom. The van der Waals surface area contributed by atoms with Gasteiger partial charge in [-0.1, -0.05) is 0 Å². The van der Waals surface area contributed by atoms with E-state index in [1.165, 1.54) is 0 Å². The second-order valence-corrected chi connectivity index (χ2v) is 6.08. The lowest BCUT2D eigenvalue weighted by Crippen LogP contribution is -2.24. The standard InChI is InChI=1S/C20H24N2O4/c1-4-26-20(23)14-7-10-19(21-13-14)22-11-5-6-17(22)16-12-15(24-2)8-9-18(16)25-3/h7-10,12-13,17H,4-6,11H2,1-3H3/t17-/m1/s1. The zero-order chi connectivity index (χ0) is 18.5. The number of methoxy groups -OCH3 is 2. The molecular weight excluding hydrogens is 332 g/mol. The summed E-state index contributed by atoms with van der Waals surface area (Å²) in [6, 6.07) is 9.64. The first-order valence-corrected chi connectivity index (χ1v) is 8.79. The van der Waals surface area contributed by atoms with E-state index in [0.29, 0.717) is 12.2 Å². The quantitative estimate of drug-likeness (QED) is 0.737. The van der Waals surface area contributed by atoms with E-state index in [1.807, 2.05) is 24.3 Å². The Balaban J connectivity index is 1.88. The van der Waals surface area contributed by atoms with Crippen molar-refractivity contribution < 1.29 is 19.0 Å². The van der Waals surface area contributed by atoms with E-state index in [4.69, 9.17) is 14.2 Å². The van der Waals surface area contributed by atoms with Crippen molar-refractivity contribution in [3.05, 3.63) is 47.7 Å². The van der Waals surface area contributed by atoms with Crippen LogP contribution in [0.1, 0.15) is 41.7 Å². The Kier molecular flexibility index (Phi) is 5.61. The molecule has 0 amide bonds. The van der Waals surface area contributed by atoms with E-state index in [9.17, 15) is 4.79 Å². The number of nitrogens with zero attached hydrogens (tertiary/aromatic N) is 2. The molecule has 1 aromatic heterocycles. The summed E-state index contributed by atoms with van der Waals surface area (Å²) in [7, 11) is 3.34. The zero-order valence-electron chi connectivity index (χ0n) is 15.4. The third-order valence-electron chi connectivity index (χ3n) is 4.60. The van der Waals surface area contributed by atoms with Gasteiger partial charge in [-0.3, -0.25) is 0 Å². The molecule has 0 unspecified atom stereocenters. The van der Waals surface area contributed by atoms with Gasteiger partial charge in [0, 0.05) is 18.3 Å². The van der Waals surface area contributed by atoms with E-state index < -0.39 is 0 Å². The first kappa shape index (κ1) is 18.0. The van der Waals surface area contributed by atoms with Gasteiger partial charge in [0.25, 0.3) is 0 Å². The van der Waals surface area contributed by atoms with Crippen molar-refractivity contribution in [3.63, 3.8) is 0 Å². The minimum absolute atomic E-state index is 0.154. The number of rotatable bonds is 6. The number of esters is 1. The number of hydrogen-bond acceptors (Lipinski definition) is 6. The largest absolute Gasteiger partial charge is 0.497 e. The average Bonchev–Trinajstić information content (AvgIpc) is 3.17. The molecule has 3 rings (SSSR count). The van der Waals surface area contributed by atoms with Gasteiger partial charge in [0.2, 0.25) is 0 Å². The van der Waals surface area contributed by atoms with Crippen molar-refractivity contribution in [2.75, 3.05) is 32.3 Å². The van der Waals surface area contributed by atoms with Crippen molar-refractivity contribution in [1.29, 1.82) is 0 Å². The number of anilines is 1. The number of pyridine rings is 1. The van der Waals surface area contributed by atoms with Crippen molar-refractivity contribution >= 4 is 11.8 Å². The predicted octanol–water partition coefficient (Wildman–Crippen LogP) is 3.62. The van der Waals surface area contributed by atoms with Crippen LogP contribution in [0.5, 0.6) is 11.5 Å². The van der Waals surface area contributed by atoms with Crippen LogP contribution >= 0.6 is 0 Å². The Morgan fingerprint density at radius 1 is 1.23 bits per heavy atom. The Hall–Kier alpha value is -2.76. The van der Waals surface area contributed by atoms with Crippen molar-refractivity contribution in [2.24, 2.45) is 0 Å². The number of carbonyl (C=O) groups excluding carboxylic acids is 1. The van der Waals surface area contributed by atoms with Crippen LogP contribution in [0, 0.1) is 0 Å². The number of carbonyl (C=O) groups is 1. The van der Waals surface area contributed by atoms with Gasteiger partial charge in [0.05, 0.1) is 32.4 Å². The molecule has 2 heterocycles. The second-order valence-electron chi connectivity index (χ2n) is 6.08. The fourth-order valence-corrected chi connectivity index (χ4v) is 3.36. The maximum Gasteiger partial charge on any atom is 0.339 e. The van der Waals surface area contributed by atoms with Gasteiger partial charge < -0.3 is 19.1 Å². The summed E-state index contributed by atoms with van der Waals surface area (Å²) in [4.78, 5) is 18.5. The molecule has 2 aromatic rings. The van der Waals surface area contributed by atoms with Crippen LogP contribution in [0.2, 0.25) is 0 Å². The van der Waals surface area contributed by atoms with Crippen molar-refractivity contribution in [1.82, 2.24) is 4.98 Å². The Bertz CT molecular complexity index is 761. The van der Waals surface area contributed by atoms with Crippen LogP contribution in [0.3, 0.4) is 0 Å². The van der Waals surface area contributed by atoms with E-state index in [2.05, 4.69) is 9.88 Å². The molecule has 1 fully saturated rings. The van der Waals surface area contributed by atoms with Gasteiger partial charge in [0.1, 0.15) is 17.3 Å². The molecule has 138 valence electrons. The van der Waals surface area contributed by atoms with Crippen LogP contribution in [-0.2, 0) is 4.74 Å². The highest BCUT2D eigenvalue weighted by molar-refractivity contribution is 5.89. The second kappa shape index (κ2) is 8.08. The third kappa shape index (κ3) is 3.59. The van der Waals surface area contributed by atoms with Crippen LogP contribution < -0.4 is 14.4 Å². The lowest BCUT2D eigenvalue weighted by Gasteiger charge is -2.27. The average molecular weight is 356 g/mol. The molecule has 0 radical (unpaired) electrons. The molecule has 6 heteroatoms. The molecule has 6 nitrogen and oxygen atoms in total. The summed E-state index contributed by atoms with van der Waals surface area (Å²) in [6.07, 6.45) is 3.64. The van der Waals surface area contributed by atoms with Gasteiger partial charge in [-0.2, -0.15) is 0 Å². The molecule has 0 N–H and O–H groups in total. The summed E-state index contributed by atoms with van der Waals surface area (Å²) < 4.78 is 16.0. The summed E-state index contributed by atoms with van der Waals surface area (Å²) in [6.45, 7) is 3.04. The molecule has 26 heavy (non-hydrogen) atoms. The van der Waals surface area contributed by atoms with Crippen LogP contribution in [0.4, 0.5) is 5.82 Å². The van der Waals surface area contributed by atoms with E-state index in [-0.39, 0.29) is 12.0 Å². The SMILES string of the molecule is CCOC(=O)c1ccc(N2CCC[C@@H]2c2cc(OC)ccc2OC)nc1. The summed E-state index contributed by atoms with van der Waals surface area (Å²) in [5, 5.41) is 0. The molecule has 1 aromatic carbocycles. The monoisotopic (exact) mass is 356 g/mol. The Morgan fingerprint density at radius 3 is 2.73 bits per heavy atom. The smallest absolute Gasteiger partial charge is 0.339 e. The zero-order valence-corrected chi connectivity index (χ0v) is 15.4. The number of benzene rings is 1. The predicted molar refractivity (Wildman–Crippen MR) is 99.1 cm³/mol. The Labute approximate surface area is 153 Å². The van der Waals surface area contributed by atoms with Gasteiger partial charge in [-0.15, -0.1) is 0 Å². The molecule has 1 aliphatic heterocycles. The van der Waals surface area contributed by atoms with Crippen LogP contribution in [0.25, 0.3) is 0 Å². The van der Waals surface area contributed by atoms with Gasteiger partial charge >= 0.3 is 5.97 Å². The number of hydrogen-bond donors (Lipinski definition) is 0. The van der Waals surface area contributed by atoms with E-state index in [1.54, 1.807) is 33.4 Å². The van der Waals surface area contributed by atoms with Crippen molar-refractivity contribution in [3.8, 4) is 11.5 Å². The lowest BCUT2D eigenvalue weighted by atomic mass is 10.0. The van der Waals surface area contributed by atoms with Gasteiger partial charge in [-0.05, 0) is 50.1 Å². The molecule has 1 aliphatic rings. The summed E-state index contributed by atoms with van der Waals surface area (Å²) >= 11 is 0. The maximum absolute atomic E-state index is 11.8. The highest BCUT2D eigenvalue weighted by atomic mass is 16.5. The fraction of sp³-hybridized carbons (Fsp3) is 0.400. The van der Waals surface area contributed by atoms with E-state index >= 15 is 0 Å². The van der Waals surface area contributed by atoms with Gasteiger partial charge in [-0.25, -0.2) is 9.78 Å². The maximum atomic E-state index is 11.8. The summed E-state index contributed by atoms with van der Waals surface area (Å²) in [5.41, 5.74) is 1.55. The first-order valence-electron chi connectivity index (χ1n) is 8.79. The number of aromatic nitrogens is 1. The third-order valence-corrected chi connectivity index (χ3v) is 4.60. The first-order chi connectivity index (χ1) is 12.7. The molecule has 0 bridgehead atoms. The minimum Gasteiger partial charge on any atom is -0.497 e. The fourth-order valence-electron chi connectivity index (χ4n) is 3.36. The summed E-state index contributed by atoms with van der Waals surface area (Å²) in [5.74, 6) is 2.13. The highest BCUT2D eigenvalue weighted by Gasteiger charge is 2.30. The highest BCUT2D eigenvalue weighted by Crippen LogP contribution is 2.40. The normalized spacial score (nSPS) is 16.4. The van der Waals surface area contributed by atoms with Crippen LogP contribution in [0.15, 0.2) is 36.5 Å². The van der Waals surface area contributed by atoms with E-state index in [0.717, 1.165) is 42.3 Å². The van der Waals surface area contributed by atoms with Crippen molar-refractivity contribution in [2.45, 2.75) is 25.8 Å². The lowest BCUT2D eigenvalue weighted by molar-refractivity contribution is 0.0526. The molecule has 1 atom stereocenters. The van der Waals surface area contributed by atoms with Crippen LogP contribution in [-0.4, -0.2) is 38.3 Å². The molecule has 0 saturated carbocycles. The van der Waals surface area contributed by atoms with Gasteiger partial charge in [0.15, 0.2) is 0 Å². The topological polar surface area (TPSA) is 60.9 Å². The molecule has 1 saturated heterocycles. The minimum atomic E-state index is -0.348. The molecule has 0 aliphatic carbocycles. The number of ether oxygens (including phenoxy) is 3.